The predicted molar refractivity (Wildman–Crippen MR) is 161 cm³/mol. The molecule has 0 radical (unpaired) electrons. The standard InChI is InChI=1S/C34H43F3N4O2/c1-21(2)14-25-16-26(17-25)32-39-40-33(41(32)28-11-12-28)27(19-31(42)38-29-13-10-22(3)15-23(29)4)18-30(34(35,36)37)43-20-24-8-6-5-7-9-24/h5-10,13,15,21,25-28,30H,11-12,14,16-20H2,1-4H3,(H,38,42)/t25?,26?,27-,30?/m0/s1. The molecule has 9 heteroatoms. The van der Waals surface area contributed by atoms with Gasteiger partial charge >= 0.3 is 6.18 Å². The van der Waals surface area contributed by atoms with E-state index in [2.05, 4.69) is 33.9 Å². The molecule has 2 aliphatic rings. The van der Waals surface area contributed by atoms with Gasteiger partial charge in [-0.25, -0.2) is 0 Å². The van der Waals surface area contributed by atoms with Crippen molar-refractivity contribution in [3.63, 3.8) is 0 Å². The number of aromatic nitrogens is 3. The van der Waals surface area contributed by atoms with E-state index in [0.717, 1.165) is 49.1 Å². The van der Waals surface area contributed by atoms with Crippen LogP contribution < -0.4 is 5.32 Å². The summed E-state index contributed by atoms with van der Waals surface area (Å²) in [6.45, 7) is 8.15. The topological polar surface area (TPSA) is 69.0 Å². The Kier molecular flexibility index (Phi) is 9.59. The molecule has 2 aromatic carbocycles. The summed E-state index contributed by atoms with van der Waals surface area (Å²) < 4.78 is 50.9. The van der Waals surface area contributed by atoms with Gasteiger partial charge in [0.1, 0.15) is 11.6 Å². The lowest BCUT2D eigenvalue weighted by Crippen LogP contribution is -2.35. The van der Waals surface area contributed by atoms with E-state index in [1.165, 1.54) is 0 Å². The first-order valence-electron chi connectivity index (χ1n) is 15.5. The van der Waals surface area contributed by atoms with Crippen molar-refractivity contribution in [2.75, 3.05) is 5.32 Å². The fourth-order valence-corrected chi connectivity index (χ4v) is 6.37. The Labute approximate surface area is 252 Å². The number of carbonyl (C=O) groups is 1. The van der Waals surface area contributed by atoms with Crippen molar-refractivity contribution in [2.24, 2.45) is 11.8 Å². The summed E-state index contributed by atoms with van der Waals surface area (Å²) in [5, 5.41) is 12.0. The Morgan fingerprint density at radius 1 is 1.07 bits per heavy atom. The van der Waals surface area contributed by atoms with Crippen LogP contribution in [0.25, 0.3) is 0 Å². The lowest BCUT2D eigenvalue weighted by Gasteiger charge is -2.36. The van der Waals surface area contributed by atoms with Crippen LogP contribution in [-0.2, 0) is 16.1 Å². The van der Waals surface area contributed by atoms with Crippen LogP contribution in [0.15, 0.2) is 48.5 Å². The van der Waals surface area contributed by atoms with Crippen molar-refractivity contribution in [3.8, 4) is 0 Å². The maximum atomic E-state index is 14.4. The Hall–Kier alpha value is -3.20. The molecule has 3 aromatic rings. The van der Waals surface area contributed by atoms with Gasteiger partial charge in [-0.1, -0.05) is 61.9 Å². The number of amides is 1. The zero-order valence-electron chi connectivity index (χ0n) is 25.5. The Morgan fingerprint density at radius 3 is 2.42 bits per heavy atom. The van der Waals surface area contributed by atoms with Crippen LogP contribution in [0.2, 0.25) is 0 Å². The molecule has 0 aliphatic heterocycles. The van der Waals surface area contributed by atoms with Gasteiger partial charge in [0.15, 0.2) is 6.10 Å². The minimum atomic E-state index is -4.61. The zero-order valence-corrected chi connectivity index (χ0v) is 25.5. The molecular weight excluding hydrogens is 553 g/mol. The molecule has 1 unspecified atom stereocenters. The summed E-state index contributed by atoms with van der Waals surface area (Å²) in [6.07, 6.45) is -2.15. The van der Waals surface area contributed by atoms with Gasteiger partial charge in [0, 0.05) is 30.0 Å². The molecule has 1 heterocycles. The van der Waals surface area contributed by atoms with Crippen LogP contribution in [0.4, 0.5) is 18.9 Å². The van der Waals surface area contributed by atoms with Crippen LogP contribution in [0.3, 0.4) is 0 Å². The number of ether oxygens (including phenoxy) is 1. The average Bonchev–Trinajstić information content (AvgIpc) is 3.67. The predicted octanol–water partition coefficient (Wildman–Crippen LogP) is 8.42. The first-order valence-corrected chi connectivity index (χ1v) is 15.5. The molecule has 0 spiro atoms. The van der Waals surface area contributed by atoms with Gasteiger partial charge in [0.25, 0.3) is 0 Å². The van der Waals surface area contributed by atoms with Crippen LogP contribution in [0, 0.1) is 25.7 Å². The number of nitrogens with one attached hydrogen (secondary N) is 1. The smallest absolute Gasteiger partial charge is 0.364 e. The van der Waals surface area contributed by atoms with Crippen molar-refractivity contribution in [2.45, 2.75) is 109 Å². The lowest BCUT2D eigenvalue weighted by atomic mass is 9.71. The largest absolute Gasteiger partial charge is 0.414 e. The van der Waals surface area contributed by atoms with Gasteiger partial charge in [-0.2, -0.15) is 13.2 Å². The molecule has 1 N–H and O–H groups in total. The molecule has 2 aliphatic carbocycles. The Morgan fingerprint density at radius 2 is 1.79 bits per heavy atom. The van der Waals surface area contributed by atoms with Gasteiger partial charge in [-0.15, -0.1) is 10.2 Å². The van der Waals surface area contributed by atoms with Gasteiger partial charge in [0.05, 0.1) is 6.61 Å². The third-order valence-electron chi connectivity index (χ3n) is 8.68. The van der Waals surface area contributed by atoms with E-state index in [1.54, 1.807) is 24.3 Å². The number of anilines is 1. The monoisotopic (exact) mass is 596 g/mol. The third-order valence-corrected chi connectivity index (χ3v) is 8.68. The zero-order chi connectivity index (χ0) is 30.7. The Bertz CT molecular complexity index is 1380. The Balaban J connectivity index is 1.41. The molecule has 6 nitrogen and oxygen atoms in total. The van der Waals surface area contributed by atoms with E-state index < -0.39 is 24.6 Å². The normalized spacial score (nSPS) is 20.1. The van der Waals surface area contributed by atoms with Crippen LogP contribution in [0.1, 0.15) is 105 Å². The van der Waals surface area contributed by atoms with Crippen LogP contribution >= 0.6 is 0 Å². The molecule has 5 rings (SSSR count). The molecule has 1 amide bonds. The molecular formula is C34H43F3N4O2. The molecule has 43 heavy (non-hydrogen) atoms. The molecule has 232 valence electrons. The molecule has 0 saturated heterocycles. The van der Waals surface area contributed by atoms with Gasteiger partial charge in [-0.3, -0.25) is 4.79 Å². The average molecular weight is 597 g/mol. The quantitative estimate of drug-likeness (QED) is 0.215. The second kappa shape index (κ2) is 13.2. The summed E-state index contributed by atoms with van der Waals surface area (Å²) in [5.41, 5.74) is 3.27. The summed E-state index contributed by atoms with van der Waals surface area (Å²) >= 11 is 0. The van der Waals surface area contributed by atoms with E-state index in [0.29, 0.717) is 28.9 Å². The fourth-order valence-electron chi connectivity index (χ4n) is 6.37. The molecule has 0 bridgehead atoms. The van der Waals surface area contributed by atoms with Gasteiger partial charge < -0.3 is 14.6 Å². The van der Waals surface area contributed by atoms with E-state index in [-0.39, 0.29) is 30.9 Å². The highest BCUT2D eigenvalue weighted by atomic mass is 19.4. The lowest BCUT2D eigenvalue weighted by molar-refractivity contribution is -0.227. The molecule has 2 atom stereocenters. The second-order valence-corrected chi connectivity index (χ2v) is 13.0. The summed E-state index contributed by atoms with van der Waals surface area (Å²) in [4.78, 5) is 13.4. The fraction of sp³-hybridized carbons (Fsp3) is 0.559. The molecule has 1 aromatic heterocycles. The van der Waals surface area contributed by atoms with Crippen molar-refractivity contribution in [1.82, 2.24) is 14.8 Å². The number of hydrogen-bond acceptors (Lipinski definition) is 4. The maximum absolute atomic E-state index is 14.4. The third kappa shape index (κ3) is 8.05. The van der Waals surface area contributed by atoms with Crippen molar-refractivity contribution in [1.29, 1.82) is 0 Å². The number of nitrogens with zero attached hydrogens (tertiary/aromatic N) is 3. The highest BCUT2D eigenvalue weighted by Crippen LogP contribution is 2.48. The number of alkyl halides is 3. The van der Waals surface area contributed by atoms with E-state index in [9.17, 15) is 18.0 Å². The van der Waals surface area contributed by atoms with Crippen molar-refractivity contribution >= 4 is 11.6 Å². The minimum Gasteiger partial charge on any atom is -0.364 e. The molecule has 2 fully saturated rings. The van der Waals surface area contributed by atoms with Crippen molar-refractivity contribution in [3.05, 3.63) is 76.9 Å². The first-order chi connectivity index (χ1) is 20.5. The maximum Gasteiger partial charge on any atom is 0.414 e. The van der Waals surface area contributed by atoms with E-state index in [1.807, 2.05) is 38.1 Å². The summed E-state index contributed by atoms with van der Waals surface area (Å²) in [6, 6.07) is 14.7. The number of aryl methyl sites for hydroxylation is 2. The molecule has 2 saturated carbocycles. The highest BCUT2D eigenvalue weighted by Gasteiger charge is 2.45. The van der Waals surface area contributed by atoms with Gasteiger partial charge in [-0.05, 0) is 81.4 Å². The number of halogens is 3. The van der Waals surface area contributed by atoms with Gasteiger partial charge in [0.2, 0.25) is 5.91 Å². The number of hydrogen-bond donors (Lipinski definition) is 1. The van der Waals surface area contributed by atoms with Crippen LogP contribution in [-0.4, -0.2) is 33.0 Å². The van der Waals surface area contributed by atoms with Crippen LogP contribution in [0.5, 0.6) is 0 Å². The first kappa shape index (κ1) is 31.2. The SMILES string of the molecule is Cc1ccc(NC(=O)C[C@H](CC(OCc2ccccc2)C(F)(F)F)c2nnc(C3CC(CC(C)C)C3)n2C2CC2)c(C)c1. The number of carbonyl (C=O) groups excluding carboxylic acids is 1. The summed E-state index contributed by atoms with van der Waals surface area (Å²) in [5.74, 6) is 1.68. The van der Waals surface area contributed by atoms with E-state index in [4.69, 9.17) is 4.74 Å². The number of rotatable bonds is 13. The van der Waals surface area contributed by atoms with E-state index >= 15 is 0 Å². The minimum absolute atomic E-state index is 0.153. The highest BCUT2D eigenvalue weighted by molar-refractivity contribution is 5.92. The van der Waals surface area contributed by atoms with Crippen molar-refractivity contribution < 1.29 is 22.7 Å². The number of benzene rings is 2. The summed E-state index contributed by atoms with van der Waals surface area (Å²) in [7, 11) is 0. The second-order valence-electron chi connectivity index (χ2n) is 13.0.